The van der Waals surface area contributed by atoms with E-state index in [2.05, 4.69) is 10.6 Å². The fourth-order valence-electron chi connectivity index (χ4n) is 1.54. The zero-order valence-electron chi connectivity index (χ0n) is 8.38. The van der Waals surface area contributed by atoms with Crippen LogP contribution in [0.25, 0.3) is 0 Å². The van der Waals surface area contributed by atoms with E-state index >= 15 is 0 Å². The molecule has 0 radical (unpaired) electrons. The molecule has 1 aliphatic carbocycles. The summed E-state index contributed by atoms with van der Waals surface area (Å²) >= 11 is 0. The van der Waals surface area contributed by atoms with E-state index in [1.807, 2.05) is 0 Å². The van der Waals surface area contributed by atoms with Gasteiger partial charge < -0.3 is 15.7 Å². The summed E-state index contributed by atoms with van der Waals surface area (Å²) in [5, 5.41) is 13.7. The van der Waals surface area contributed by atoms with Gasteiger partial charge in [-0.3, -0.25) is 0 Å². The fourth-order valence-corrected chi connectivity index (χ4v) is 1.54. The summed E-state index contributed by atoms with van der Waals surface area (Å²) in [4.78, 5) is 11.1. The van der Waals surface area contributed by atoms with E-state index in [-0.39, 0.29) is 12.6 Å². The monoisotopic (exact) mass is 198 g/mol. The van der Waals surface area contributed by atoms with E-state index in [0.29, 0.717) is 6.54 Å². The Balaban J connectivity index is 2.19. The Morgan fingerprint density at radius 3 is 2.71 bits per heavy atom. The Kier molecular flexibility index (Phi) is 5.07. The predicted molar refractivity (Wildman–Crippen MR) is 54.8 cm³/mol. The van der Waals surface area contributed by atoms with Gasteiger partial charge in [0.15, 0.2) is 0 Å². The lowest BCUT2D eigenvalue weighted by molar-refractivity contribution is 0.237. The topological polar surface area (TPSA) is 61.4 Å². The summed E-state index contributed by atoms with van der Waals surface area (Å²) in [7, 11) is 0. The Labute approximate surface area is 84.4 Å². The second-order valence-electron chi connectivity index (χ2n) is 3.49. The van der Waals surface area contributed by atoms with Crippen molar-refractivity contribution < 1.29 is 9.90 Å². The third-order valence-corrected chi connectivity index (χ3v) is 2.30. The van der Waals surface area contributed by atoms with E-state index in [0.717, 1.165) is 12.8 Å². The molecule has 0 heterocycles. The number of amides is 2. The van der Waals surface area contributed by atoms with Crippen LogP contribution < -0.4 is 10.6 Å². The van der Waals surface area contributed by atoms with Gasteiger partial charge in [-0.15, -0.1) is 0 Å². The smallest absolute Gasteiger partial charge is 0.318 e. The number of aliphatic hydroxyl groups excluding tert-OH is 1. The molecule has 0 aromatic carbocycles. The van der Waals surface area contributed by atoms with Gasteiger partial charge in [0, 0.05) is 12.7 Å². The Bertz CT molecular complexity index is 206. The molecular weight excluding hydrogens is 180 g/mol. The van der Waals surface area contributed by atoms with Crippen LogP contribution in [0.1, 0.15) is 32.1 Å². The van der Waals surface area contributed by atoms with Gasteiger partial charge in [-0.1, -0.05) is 12.0 Å². The summed E-state index contributed by atoms with van der Waals surface area (Å²) < 4.78 is 0. The molecule has 0 unspecified atom stereocenters. The van der Waals surface area contributed by atoms with Crippen LogP contribution in [0, 0.1) is 0 Å². The fraction of sp³-hybridized carbons (Fsp3) is 0.700. The van der Waals surface area contributed by atoms with Gasteiger partial charge in [-0.2, -0.15) is 0 Å². The van der Waals surface area contributed by atoms with Crippen molar-refractivity contribution in [1.29, 1.82) is 0 Å². The van der Waals surface area contributed by atoms with Crippen molar-refractivity contribution in [2.45, 2.75) is 32.1 Å². The summed E-state index contributed by atoms with van der Waals surface area (Å²) in [6.07, 6.45) is 7.75. The average Bonchev–Trinajstić information content (AvgIpc) is 2.25. The molecule has 0 saturated heterocycles. The lowest BCUT2D eigenvalue weighted by Crippen LogP contribution is -2.34. The molecule has 1 saturated carbocycles. The number of nitrogens with one attached hydrogen (secondary N) is 2. The van der Waals surface area contributed by atoms with Gasteiger partial charge in [0.1, 0.15) is 0 Å². The highest BCUT2D eigenvalue weighted by Crippen LogP contribution is 2.21. The van der Waals surface area contributed by atoms with Gasteiger partial charge in [0.05, 0.1) is 6.61 Å². The average molecular weight is 198 g/mol. The zero-order valence-corrected chi connectivity index (χ0v) is 8.38. The SMILES string of the molecule is O=C(NC=C1CCCCC1)NCCO. The first-order valence-electron chi connectivity index (χ1n) is 5.16. The zero-order chi connectivity index (χ0) is 10.2. The lowest BCUT2D eigenvalue weighted by Gasteiger charge is -2.13. The standard InChI is InChI=1S/C10H18N2O2/c13-7-6-11-10(14)12-8-9-4-2-1-3-5-9/h8,13H,1-7H2,(H2,11,12,14). The van der Waals surface area contributed by atoms with Gasteiger partial charge in [0.2, 0.25) is 0 Å². The Morgan fingerprint density at radius 2 is 2.07 bits per heavy atom. The maximum atomic E-state index is 11.1. The van der Waals surface area contributed by atoms with E-state index in [4.69, 9.17) is 5.11 Å². The molecule has 4 heteroatoms. The number of aliphatic hydroxyl groups is 1. The van der Waals surface area contributed by atoms with E-state index in [1.165, 1.54) is 24.8 Å². The first-order valence-corrected chi connectivity index (χ1v) is 5.16. The van der Waals surface area contributed by atoms with Crippen LogP contribution in [0.3, 0.4) is 0 Å². The van der Waals surface area contributed by atoms with Crippen LogP contribution in [0.2, 0.25) is 0 Å². The number of urea groups is 1. The molecule has 1 aliphatic rings. The molecule has 4 nitrogen and oxygen atoms in total. The number of carbonyl (C=O) groups excluding carboxylic acids is 1. The summed E-state index contributed by atoms with van der Waals surface area (Å²) in [6.45, 7) is 0.277. The van der Waals surface area contributed by atoms with Gasteiger partial charge in [-0.05, 0) is 25.7 Å². The largest absolute Gasteiger partial charge is 0.395 e. The minimum Gasteiger partial charge on any atom is -0.395 e. The predicted octanol–water partition coefficient (Wildman–Crippen LogP) is 1.13. The number of hydrogen-bond donors (Lipinski definition) is 3. The minimum atomic E-state index is -0.239. The maximum absolute atomic E-state index is 11.1. The third kappa shape index (κ3) is 4.28. The molecule has 0 spiro atoms. The Hall–Kier alpha value is -1.03. The molecule has 1 rings (SSSR count). The molecule has 2 amide bonds. The summed E-state index contributed by atoms with van der Waals surface area (Å²) in [6, 6.07) is -0.239. The maximum Gasteiger partial charge on any atom is 0.318 e. The van der Waals surface area contributed by atoms with E-state index < -0.39 is 0 Å². The summed E-state index contributed by atoms with van der Waals surface area (Å²) in [5.41, 5.74) is 1.32. The third-order valence-electron chi connectivity index (χ3n) is 2.30. The van der Waals surface area contributed by atoms with Gasteiger partial charge >= 0.3 is 6.03 Å². The highest BCUT2D eigenvalue weighted by atomic mass is 16.3. The quantitative estimate of drug-likeness (QED) is 0.636. The van der Waals surface area contributed by atoms with Crippen molar-refractivity contribution in [3.63, 3.8) is 0 Å². The van der Waals surface area contributed by atoms with E-state index in [9.17, 15) is 4.79 Å². The molecular formula is C10H18N2O2. The molecule has 0 aromatic heterocycles. The first kappa shape index (κ1) is 11.0. The molecule has 0 atom stereocenters. The molecule has 0 bridgehead atoms. The summed E-state index contributed by atoms with van der Waals surface area (Å²) in [5.74, 6) is 0. The number of allylic oxidation sites excluding steroid dienone is 1. The number of rotatable bonds is 3. The second kappa shape index (κ2) is 6.43. The van der Waals surface area contributed by atoms with Crippen molar-refractivity contribution in [2.24, 2.45) is 0 Å². The molecule has 14 heavy (non-hydrogen) atoms. The van der Waals surface area contributed by atoms with E-state index in [1.54, 1.807) is 6.20 Å². The number of hydrogen-bond acceptors (Lipinski definition) is 2. The molecule has 3 N–H and O–H groups in total. The van der Waals surface area contributed by atoms with Crippen LogP contribution in [0.4, 0.5) is 4.79 Å². The minimum absolute atomic E-state index is 0.0238. The van der Waals surface area contributed by atoms with Crippen molar-refractivity contribution in [3.05, 3.63) is 11.8 Å². The van der Waals surface area contributed by atoms with Crippen LogP contribution in [-0.4, -0.2) is 24.3 Å². The molecule has 1 fully saturated rings. The lowest BCUT2D eigenvalue weighted by atomic mass is 9.96. The van der Waals surface area contributed by atoms with Gasteiger partial charge in [0.25, 0.3) is 0 Å². The van der Waals surface area contributed by atoms with Crippen molar-refractivity contribution in [1.82, 2.24) is 10.6 Å². The highest BCUT2D eigenvalue weighted by Gasteiger charge is 2.05. The van der Waals surface area contributed by atoms with Crippen LogP contribution in [0.15, 0.2) is 11.8 Å². The first-order chi connectivity index (χ1) is 6.83. The number of carbonyl (C=O) groups is 1. The highest BCUT2D eigenvalue weighted by molar-refractivity contribution is 5.74. The van der Waals surface area contributed by atoms with Crippen LogP contribution >= 0.6 is 0 Å². The van der Waals surface area contributed by atoms with Gasteiger partial charge in [-0.25, -0.2) is 4.79 Å². The molecule has 0 aliphatic heterocycles. The van der Waals surface area contributed by atoms with Crippen molar-refractivity contribution >= 4 is 6.03 Å². The normalized spacial score (nSPS) is 16.2. The van der Waals surface area contributed by atoms with Crippen molar-refractivity contribution in [3.8, 4) is 0 Å². The Morgan fingerprint density at radius 1 is 1.36 bits per heavy atom. The molecule has 80 valence electrons. The molecule has 0 aromatic rings. The van der Waals surface area contributed by atoms with Crippen molar-refractivity contribution in [2.75, 3.05) is 13.2 Å². The van der Waals surface area contributed by atoms with Crippen LogP contribution in [-0.2, 0) is 0 Å². The second-order valence-corrected chi connectivity index (χ2v) is 3.49. The van der Waals surface area contributed by atoms with Crippen LogP contribution in [0.5, 0.6) is 0 Å².